The topological polar surface area (TPSA) is 51.7 Å². The first-order chi connectivity index (χ1) is 10.7. The molecule has 0 amide bonds. The number of methoxy groups -OCH3 is 1. The Labute approximate surface area is 133 Å². The molecular formula is C16H20N2O3S. The van der Waals surface area contributed by atoms with Gasteiger partial charge in [0.25, 0.3) is 0 Å². The molecule has 0 spiro atoms. The zero-order chi connectivity index (χ0) is 15.5. The van der Waals surface area contributed by atoms with E-state index in [4.69, 9.17) is 9.47 Å². The molecule has 0 saturated carbocycles. The zero-order valence-electron chi connectivity index (χ0n) is 12.9. The number of aromatic nitrogens is 1. The van der Waals surface area contributed by atoms with Gasteiger partial charge in [0.2, 0.25) is 0 Å². The summed E-state index contributed by atoms with van der Waals surface area (Å²) >= 11 is 1.64. The molecule has 118 valence electrons. The molecule has 0 aliphatic carbocycles. The number of ether oxygens (including phenoxy) is 2. The summed E-state index contributed by atoms with van der Waals surface area (Å²) in [5.41, 5.74) is 0.897. The molecule has 1 aromatic heterocycles. The Morgan fingerprint density at radius 3 is 3.00 bits per heavy atom. The Morgan fingerprint density at radius 2 is 2.27 bits per heavy atom. The minimum absolute atomic E-state index is 0.00161. The van der Waals surface area contributed by atoms with Crippen LogP contribution >= 0.6 is 11.3 Å². The van der Waals surface area contributed by atoms with Gasteiger partial charge in [-0.25, -0.2) is 4.98 Å². The van der Waals surface area contributed by atoms with E-state index >= 15 is 0 Å². The van der Waals surface area contributed by atoms with Gasteiger partial charge in [-0.15, -0.1) is 0 Å². The number of hydrogen-bond acceptors (Lipinski definition) is 6. The highest BCUT2D eigenvalue weighted by molar-refractivity contribution is 7.22. The molecule has 0 bridgehead atoms. The van der Waals surface area contributed by atoms with E-state index in [9.17, 15) is 4.79 Å². The number of thiazole rings is 1. The summed E-state index contributed by atoms with van der Waals surface area (Å²) in [5, 5.41) is 0.959. The van der Waals surface area contributed by atoms with Crippen LogP contribution in [0.15, 0.2) is 18.2 Å². The molecule has 0 unspecified atom stereocenters. The molecule has 0 N–H and O–H groups in total. The number of anilines is 1. The Kier molecular flexibility index (Phi) is 4.47. The molecule has 0 radical (unpaired) electrons. The summed E-state index contributed by atoms with van der Waals surface area (Å²) in [5.74, 6) is 0.709. The lowest BCUT2D eigenvalue weighted by molar-refractivity contribution is -0.150. The van der Waals surface area contributed by atoms with Crippen LogP contribution in [0.3, 0.4) is 0 Å². The molecule has 1 fully saturated rings. The molecule has 1 aromatic carbocycles. The lowest BCUT2D eigenvalue weighted by Crippen LogP contribution is -2.53. The number of nitrogens with zero attached hydrogens (tertiary/aromatic N) is 2. The van der Waals surface area contributed by atoms with Crippen LogP contribution in [0, 0.1) is 0 Å². The third-order valence-electron chi connectivity index (χ3n) is 3.74. The fourth-order valence-corrected chi connectivity index (χ4v) is 3.45. The number of benzene rings is 1. The average Bonchev–Trinajstić information content (AvgIpc) is 2.91. The van der Waals surface area contributed by atoms with Crippen LogP contribution < -0.4 is 9.64 Å². The van der Waals surface area contributed by atoms with E-state index in [1.54, 1.807) is 18.4 Å². The first-order valence-corrected chi connectivity index (χ1v) is 8.41. The van der Waals surface area contributed by atoms with Crippen LogP contribution in [0.5, 0.6) is 5.75 Å². The Bertz CT molecular complexity index is 664. The first-order valence-electron chi connectivity index (χ1n) is 7.59. The molecule has 22 heavy (non-hydrogen) atoms. The average molecular weight is 320 g/mol. The monoisotopic (exact) mass is 320 g/mol. The lowest BCUT2D eigenvalue weighted by atomic mass is 10.2. The van der Waals surface area contributed by atoms with Crippen LogP contribution in [0.4, 0.5) is 5.13 Å². The van der Waals surface area contributed by atoms with Gasteiger partial charge in [-0.05, 0) is 18.6 Å². The van der Waals surface area contributed by atoms with Gasteiger partial charge in [0.1, 0.15) is 17.4 Å². The van der Waals surface area contributed by atoms with E-state index in [0.29, 0.717) is 6.42 Å². The van der Waals surface area contributed by atoms with Crippen molar-refractivity contribution < 1.29 is 14.3 Å². The van der Waals surface area contributed by atoms with Crippen LogP contribution in [0.2, 0.25) is 0 Å². The van der Waals surface area contributed by atoms with E-state index in [-0.39, 0.29) is 12.1 Å². The van der Waals surface area contributed by atoms with Gasteiger partial charge in [0, 0.05) is 6.42 Å². The van der Waals surface area contributed by atoms with Crippen LogP contribution in [0.25, 0.3) is 10.2 Å². The molecule has 1 saturated heterocycles. The molecule has 2 aromatic rings. The van der Waals surface area contributed by atoms with Gasteiger partial charge in [0.05, 0.1) is 24.9 Å². The predicted molar refractivity (Wildman–Crippen MR) is 87.8 cm³/mol. The van der Waals surface area contributed by atoms with E-state index in [2.05, 4.69) is 16.8 Å². The summed E-state index contributed by atoms with van der Waals surface area (Å²) in [6, 6.07) is 5.93. The van der Waals surface area contributed by atoms with Crippen molar-refractivity contribution >= 4 is 32.7 Å². The quantitative estimate of drug-likeness (QED) is 0.765. The highest BCUT2D eigenvalue weighted by Crippen LogP contribution is 2.35. The number of esters is 1. The second-order valence-electron chi connectivity index (χ2n) is 5.42. The number of carbonyl (C=O) groups is 1. The maximum Gasteiger partial charge on any atom is 0.306 e. The second kappa shape index (κ2) is 6.52. The van der Waals surface area contributed by atoms with Gasteiger partial charge < -0.3 is 14.4 Å². The lowest BCUT2D eigenvalue weighted by Gasteiger charge is -2.38. The summed E-state index contributed by atoms with van der Waals surface area (Å²) < 4.78 is 11.9. The van der Waals surface area contributed by atoms with Crippen molar-refractivity contribution in [2.45, 2.75) is 32.3 Å². The van der Waals surface area contributed by atoms with E-state index in [1.807, 2.05) is 18.2 Å². The Hall–Kier alpha value is -1.82. The zero-order valence-corrected chi connectivity index (χ0v) is 13.7. The molecule has 3 rings (SSSR count). The highest BCUT2D eigenvalue weighted by atomic mass is 32.1. The number of fused-ring (bicyclic) bond motifs is 1. The van der Waals surface area contributed by atoms with Crippen molar-refractivity contribution in [1.82, 2.24) is 4.98 Å². The maximum absolute atomic E-state index is 11.6. The molecule has 1 aliphatic heterocycles. The normalized spacial score (nSPS) is 14.9. The number of unbranched alkanes of at least 4 members (excludes halogenated alkanes) is 1. The fraction of sp³-hybridized carbons (Fsp3) is 0.500. The number of para-hydroxylation sites is 1. The van der Waals surface area contributed by atoms with E-state index in [0.717, 1.165) is 47.0 Å². The Morgan fingerprint density at radius 1 is 1.45 bits per heavy atom. The van der Waals surface area contributed by atoms with Crippen molar-refractivity contribution in [3.63, 3.8) is 0 Å². The fourth-order valence-electron chi connectivity index (χ4n) is 2.45. The number of carbonyl (C=O) groups excluding carboxylic acids is 1. The molecule has 1 aliphatic rings. The van der Waals surface area contributed by atoms with Gasteiger partial charge in [-0.2, -0.15) is 0 Å². The summed E-state index contributed by atoms with van der Waals surface area (Å²) in [6.07, 6.45) is 2.43. The summed E-state index contributed by atoms with van der Waals surface area (Å²) in [4.78, 5) is 18.4. The SMILES string of the molecule is CCCCC(=O)OC1CN(c2nc3c(OC)cccc3s2)C1. The third-order valence-corrected chi connectivity index (χ3v) is 4.82. The molecular weight excluding hydrogens is 300 g/mol. The third kappa shape index (κ3) is 3.02. The van der Waals surface area contributed by atoms with Crippen LogP contribution in [-0.2, 0) is 9.53 Å². The van der Waals surface area contributed by atoms with Gasteiger partial charge in [-0.3, -0.25) is 4.79 Å². The molecule has 2 heterocycles. The van der Waals surface area contributed by atoms with Crippen molar-refractivity contribution in [3.05, 3.63) is 18.2 Å². The van der Waals surface area contributed by atoms with E-state index in [1.165, 1.54) is 0 Å². The van der Waals surface area contributed by atoms with Crippen molar-refractivity contribution in [2.24, 2.45) is 0 Å². The minimum Gasteiger partial charge on any atom is -0.494 e. The Balaban J connectivity index is 1.60. The van der Waals surface area contributed by atoms with Gasteiger partial charge in [0.15, 0.2) is 5.13 Å². The smallest absolute Gasteiger partial charge is 0.306 e. The maximum atomic E-state index is 11.6. The second-order valence-corrected chi connectivity index (χ2v) is 6.43. The summed E-state index contributed by atoms with van der Waals surface area (Å²) in [6.45, 7) is 3.51. The van der Waals surface area contributed by atoms with E-state index < -0.39 is 0 Å². The number of rotatable bonds is 6. The van der Waals surface area contributed by atoms with Gasteiger partial charge >= 0.3 is 5.97 Å². The molecule has 5 nitrogen and oxygen atoms in total. The first kappa shape index (κ1) is 15.1. The summed E-state index contributed by atoms with van der Waals surface area (Å²) in [7, 11) is 1.66. The van der Waals surface area contributed by atoms with Crippen molar-refractivity contribution in [2.75, 3.05) is 25.1 Å². The number of hydrogen-bond donors (Lipinski definition) is 0. The highest BCUT2D eigenvalue weighted by Gasteiger charge is 2.32. The minimum atomic E-state index is -0.0857. The van der Waals surface area contributed by atoms with Crippen molar-refractivity contribution in [3.8, 4) is 5.75 Å². The predicted octanol–water partition coefficient (Wildman–Crippen LogP) is 3.23. The standard InChI is InChI=1S/C16H20N2O3S/c1-3-4-8-14(19)21-11-9-18(10-11)16-17-15-12(20-2)6-5-7-13(15)22-16/h5-7,11H,3-4,8-10H2,1-2H3. The largest absolute Gasteiger partial charge is 0.494 e. The van der Waals surface area contributed by atoms with Gasteiger partial charge in [-0.1, -0.05) is 30.7 Å². The molecule has 0 atom stereocenters. The molecule has 6 heteroatoms. The van der Waals surface area contributed by atoms with Crippen LogP contribution in [-0.4, -0.2) is 37.3 Å². The van der Waals surface area contributed by atoms with Crippen molar-refractivity contribution in [1.29, 1.82) is 0 Å². The van der Waals surface area contributed by atoms with Crippen LogP contribution in [0.1, 0.15) is 26.2 Å².